The van der Waals surface area contributed by atoms with E-state index in [0.29, 0.717) is 25.7 Å². The van der Waals surface area contributed by atoms with Crippen LogP contribution in [0.25, 0.3) is 0 Å². The zero-order valence-electron chi connectivity index (χ0n) is 14.8. The lowest BCUT2D eigenvalue weighted by molar-refractivity contribution is 0.122. The molecule has 11 heteroatoms. The van der Waals surface area contributed by atoms with Gasteiger partial charge in [0.1, 0.15) is 5.82 Å². The summed E-state index contributed by atoms with van der Waals surface area (Å²) in [6.45, 7) is 5.41. The van der Waals surface area contributed by atoms with Crippen molar-refractivity contribution in [3.05, 3.63) is 24.3 Å². The van der Waals surface area contributed by atoms with Crippen LogP contribution in [0.5, 0.6) is 0 Å². The normalized spacial score (nSPS) is 15.2. The minimum absolute atomic E-state index is 0.00130. The molecule has 1 saturated heterocycles. The Labute approximate surface area is 152 Å². The number of aromatic nitrogens is 4. The second-order valence-electron chi connectivity index (χ2n) is 5.99. The van der Waals surface area contributed by atoms with Gasteiger partial charge < -0.3 is 19.5 Å². The Bertz CT molecular complexity index is 847. The summed E-state index contributed by atoms with van der Waals surface area (Å²) in [5.41, 5.74) is 0.845. The van der Waals surface area contributed by atoms with Crippen LogP contribution in [0.1, 0.15) is 5.69 Å². The van der Waals surface area contributed by atoms with Crippen LogP contribution in [-0.4, -0.2) is 67.3 Å². The number of anilines is 2. The van der Waals surface area contributed by atoms with Crippen molar-refractivity contribution in [2.24, 2.45) is 7.05 Å². The molecule has 0 bridgehead atoms. The molecule has 0 saturated carbocycles. The molecule has 0 aliphatic carbocycles. The molecule has 1 aliphatic heterocycles. The van der Waals surface area contributed by atoms with Crippen LogP contribution in [0.4, 0.5) is 11.8 Å². The van der Waals surface area contributed by atoms with Crippen molar-refractivity contribution in [3.63, 3.8) is 0 Å². The smallest absolute Gasteiger partial charge is 0.259 e. The van der Waals surface area contributed by atoms with Crippen molar-refractivity contribution in [2.45, 2.75) is 11.9 Å². The molecule has 0 atom stereocenters. The van der Waals surface area contributed by atoms with Crippen molar-refractivity contribution in [1.29, 1.82) is 0 Å². The second-order valence-corrected chi connectivity index (χ2v) is 7.71. The van der Waals surface area contributed by atoms with Crippen LogP contribution in [-0.2, 0) is 21.8 Å². The van der Waals surface area contributed by atoms with Gasteiger partial charge in [0.15, 0.2) is 5.03 Å². The molecule has 2 N–H and O–H groups in total. The van der Waals surface area contributed by atoms with Gasteiger partial charge in [0.25, 0.3) is 10.0 Å². The zero-order chi connectivity index (χ0) is 18.6. The summed E-state index contributed by atoms with van der Waals surface area (Å²) in [4.78, 5) is 14.9. The first-order chi connectivity index (χ1) is 12.4. The molecule has 0 radical (unpaired) electrons. The molecule has 26 heavy (non-hydrogen) atoms. The quantitative estimate of drug-likeness (QED) is 0.631. The van der Waals surface area contributed by atoms with Gasteiger partial charge in [0, 0.05) is 51.2 Å². The fourth-order valence-electron chi connectivity index (χ4n) is 2.55. The van der Waals surface area contributed by atoms with E-state index in [2.05, 4.69) is 29.9 Å². The standard InChI is InChI=1S/C15H23N7O3S/c1-12-9-13(22-5-7-25-8-6-22)20-15(19-12)16-3-4-18-26(23,24)14-10-21(2)11-17-14/h9-11,18H,3-8H2,1-2H3,(H,16,19,20). The minimum Gasteiger partial charge on any atom is -0.378 e. The summed E-state index contributed by atoms with van der Waals surface area (Å²) in [7, 11) is -1.90. The highest BCUT2D eigenvalue weighted by molar-refractivity contribution is 7.89. The van der Waals surface area contributed by atoms with Crippen LogP contribution in [0.15, 0.2) is 23.6 Å². The lowest BCUT2D eigenvalue weighted by atomic mass is 10.3. The Morgan fingerprint density at radius 2 is 2.00 bits per heavy atom. The van der Waals surface area contributed by atoms with Crippen molar-refractivity contribution in [1.82, 2.24) is 24.2 Å². The fraction of sp³-hybridized carbons (Fsp3) is 0.533. The molecule has 3 rings (SSSR count). The number of hydrogen-bond acceptors (Lipinski definition) is 8. The molecular formula is C15H23N7O3S. The SMILES string of the molecule is Cc1cc(N2CCOCC2)nc(NCCNS(=O)(=O)c2cn(C)cn2)n1. The third-order valence-corrected chi connectivity index (χ3v) is 5.18. The Hall–Kier alpha value is -2.24. The summed E-state index contributed by atoms with van der Waals surface area (Å²) in [5, 5.41) is 3.06. The highest BCUT2D eigenvalue weighted by Gasteiger charge is 2.17. The molecule has 0 aromatic carbocycles. The fourth-order valence-corrected chi connectivity index (χ4v) is 3.56. The summed E-state index contributed by atoms with van der Waals surface area (Å²) < 4.78 is 33.7. The van der Waals surface area contributed by atoms with E-state index < -0.39 is 10.0 Å². The number of hydrogen-bond donors (Lipinski definition) is 2. The van der Waals surface area contributed by atoms with Gasteiger partial charge in [-0.05, 0) is 6.92 Å². The minimum atomic E-state index is -3.61. The van der Waals surface area contributed by atoms with Gasteiger partial charge in [-0.1, -0.05) is 0 Å². The number of nitrogens with one attached hydrogen (secondary N) is 2. The molecule has 0 unspecified atom stereocenters. The van der Waals surface area contributed by atoms with Gasteiger partial charge in [-0.2, -0.15) is 4.98 Å². The Morgan fingerprint density at radius 1 is 1.23 bits per heavy atom. The van der Waals surface area contributed by atoms with Gasteiger partial charge in [-0.15, -0.1) is 0 Å². The van der Waals surface area contributed by atoms with E-state index in [1.165, 1.54) is 12.5 Å². The molecule has 10 nitrogen and oxygen atoms in total. The first-order valence-corrected chi connectivity index (χ1v) is 9.82. The molecule has 2 aromatic rings. The summed E-state index contributed by atoms with van der Waals surface area (Å²) >= 11 is 0. The Balaban J connectivity index is 1.55. The van der Waals surface area contributed by atoms with Gasteiger partial charge in [-0.3, -0.25) is 0 Å². The van der Waals surface area contributed by atoms with Crippen molar-refractivity contribution < 1.29 is 13.2 Å². The number of morpholine rings is 1. The zero-order valence-corrected chi connectivity index (χ0v) is 15.7. The average molecular weight is 381 g/mol. The van der Waals surface area contributed by atoms with E-state index in [1.54, 1.807) is 11.6 Å². The Kier molecular flexibility index (Phi) is 5.69. The van der Waals surface area contributed by atoms with E-state index in [-0.39, 0.29) is 11.6 Å². The van der Waals surface area contributed by atoms with Gasteiger partial charge in [0.05, 0.1) is 19.5 Å². The van der Waals surface area contributed by atoms with E-state index in [9.17, 15) is 8.42 Å². The van der Waals surface area contributed by atoms with E-state index >= 15 is 0 Å². The predicted octanol–water partition coefficient (Wildman–Crippen LogP) is -0.254. The summed E-state index contributed by atoms with van der Waals surface area (Å²) in [6, 6.07) is 1.93. The van der Waals surface area contributed by atoms with Crippen LogP contribution in [0, 0.1) is 6.92 Å². The summed E-state index contributed by atoms with van der Waals surface area (Å²) in [6.07, 6.45) is 2.90. The van der Waals surface area contributed by atoms with Crippen molar-refractivity contribution >= 4 is 21.8 Å². The molecule has 142 valence electrons. The molecule has 3 heterocycles. The highest BCUT2D eigenvalue weighted by atomic mass is 32.2. The highest BCUT2D eigenvalue weighted by Crippen LogP contribution is 2.16. The van der Waals surface area contributed by atoms with E-state index in [1.807, 2.05) is 13.0 Å². The lowest BCUT2D eigenvalue weighted by Crippen LogP contribution is -2.37. The van der Waals surface area contributed by atoms with E-state index in [4.69, 9.17) is 4.74 Å². The predicted molar refractivity (Wildman–Crippen MR) is 96.7 cm³/mol. The average Bonchev–Trinajstić information content (AvgIpc) is 3.07. The topological polar surface area (TPSA) is 114 Å². The molecule has 1 fully saturated rings. The number of ether oxygens (including phenoxy) is 1. The van der Waals surface area contributed by atoms with Gasteiger partial charge >= 0.3 is 0 Å². The molecular weight excluding hydrogens is 358 g/mol. The number of imidazole rings is 1. The second kappa shape index (κ2) is 7.98. The molecule has 0 spiro atoms. The van der Waals surface area contributed by atoms with Crippen LogP contribution in [0.3, 0.4) is 0 Å². The summed E-state index contributed by atoms with van der Waals surface area (Å²) in [5.74, 6) is 1.32. The third kappa shape index (κ3) is 4.68. The Morgan fingerprint density at radius 3 is 2.69 bits per heavy atom. The lowest BCUT2D eigenvalue weighted by Gasteiger charge is -2.28. The maximum Gasteiger partial charge on any atom is 0.259 e. The van der Waals surface area contributed by atoms with Crippen molar-refractivity contribution in [2.75, 3.05) is 49.6 Å². The molecule has 2 aromatic heterocycles. The maximum absolute atomic E-state index is 12.1. The third-order valence-electron chi connectivity index (χ3n) is 3.83. The number of sulfonamides is 1. The monoisotopic (exact) mass is 381 g/mol. The van der Waals surface area contributed by atoms with Crippen molar-refractivity contribution in [3.8, 4) is 0 Å². The first kappa shape index (κ1) is 18.5. The van der Waals surface area contributed by atoms with Gasteiger partial charge in [-0.25, -0.2) is 23.1 Å². The van der Waals surface area contributed by atoms with E-state index in [0.717, 1.165) is 24.6 Å². The molecule has 0 amide bonds. The first-order valence-electron chi connectivity index (χ1n) is 8.34. The maximum atomic E-state index is 12.1. The number of nitrogens with zero attached hydrogens (tertiary/aromatic N) is 5. The van der Waals surface area contributed by atoms with Crippen LogP contribution in [0.2, 0.25) is 0 Å². The van der Waals surface area contributed by atoms with Crippen LogP contribution < -0.4 is 14.9 Å². The largest absolute Gasteiger partial charge is 0.378 e. The molecule has 1 aliphatic rings. The van der Waals surface area contributed by atoms with Crippen LogP contribution >= 0.6 is 0 Å². The van der Waals surface area contributed by atoms with Gasteiger partial charge in [0.2, 0.25) is 5.95 Å². The number of rotatable bonds is 7. The number of aryl methyl sites for hydroxylation is 2.